The standard InChI is InChI=1S/C14H12FN/c1-8-2-4-10-11-5-3-9(15)7-13(11)14(16)12(10)6-8/h2-7,14H,16H2,1H3. The molecule has 2 N–H and O–H groups in total. The third-order valence-corrected chi connectivity index (χ3v) is 3.18. The van der Waals surface area contributed by atoms with E-state index >= 15 is 0 Å². The first-order valence-electron chi connectivity index (χ1n) is 5.33. The number of fused-ring (bicyclic) bond motifs is 3. The summed E-state index contributed by atoms with van der Waals surface area (Å²) in [5.41, 5.74) is 11.5. The first kappa shape index (κ1) is 9.55. The van der Waals surface area contributed by atoms with Crippen molar-refractivity contribution in [2.24, 2.45) is 5.73 Å². The smallest absolute Gasteiger partial charge is 0.123 e. The molecule has 1 aliphatic rings. The fourth-order valence-corrected chi connectivity index (χ4v) is 2.39. The van der Waals surface area contributed by atoms with Crippen LogP contribution in [0.1, 0.15) is 22.7 Å². The van der Waals surface area contributed by atoms with Gasteiger partial charge in [-0.2, -0.15) is 0 Å². The first-order chi connectivity index (χ1) is 7.66. The molecule has 0 amide bonds. The van der Waals surface area contributed by atoms with Crippen molar-refractivity contribution in [3.63, 3.8) is 0 Å². The van der Waals surface area contributed by atoms with Gasteiger partial charge in [0.2, 0.25) is 0 Å². The molecule has 0 fully saturated rings. The van der Waals surface area contributed by atoms with Gasteiger partial charge in [0.15, 0.2) is 0 Å². The van der Waals surface area contributed by atoms with Crippen LogP contribution in [0.15, 0.2) is 36.4 Å². The molecule has 1 nitrogen and oxygen atoms in total. The summed E-state index contributed by atoms with van der Waals surface area (Å²) >= 11 is 0. The minimum absolute atomic E-state index is 0.194. The lowest BCUT2D eigenvalue weighted by Gasteiger charge is -2.06. The van der Waals surface area contributed by atoms with E-state index in [-0.39, 0.29) is 11.9 Å². The van der Waals surface area contributed by atoms with Crippen LogP contribution in [-0.4, -0.2) is 0 Å². The van der Waals surface area contributed by atoms with Crippen LogP contribution in [0.4, 0.5) is 4.39 Å². The summed E-state index contributed by atoms with van der Waals surface area (Å²) < 4.78 is 13.2. The van der Waals surface area contributed by atoms with E-state index in [9.17, 15) is 4.39 Å². The van der Waals surface area contributed by atoms with E-state index in [0.29, 0.717) is 0 Å². The van der Waals surface area contributed by atoms with E-state index in [4.69, 9.17) is 5.73 Å². The van der Waals surface area contributed by atoms with Gasteiger partial charge >= 0.3 is 0 Å². The van der Waals surface area contributed by atoms with Gasteiger partial charge in [-0.25, -0.2) is 4.39 Å². The quantitative estimate of drug-likeness (QED) is 0.714. The van der Waals surface area contributed by atoms with Gasteiger partial charge < -0.3 is 5.73 Å². The average Bonchev–Trinajstić information content (AvgIpc) is 2.53. The molecular formula is C14H12FN. The number of hydrogen-bond donors (Lipinski definition) is 1. The molecule has 2 aromatic rings. The Hall–Kier alpha value is -1.67. The molecule has 1 atom stereocenters. The van der Waals surface area contributed by atoms with E-state index in [1.807, 2.05) is 13.0 Å². The van der Waals surface area contributed by atoms with E-state index in [0.717, 1.165) is 22.3 Å². The van der Waals surface area contributed by atoms with Crippen molar-refractivity contribution in [1.29, 1.82) is 0 Å². The summed E-state index contributed by atoms with van der Waals surface area (Å²) in [6.45, 7) is 2.04. The van der Waals surface area contributed by atoms with Crippen LogP contribution >= 0.6 is 0 Å². The Labute approximate surface area is 93.7 Å². The zero-order valence-electron chi connectivity index (χ0n) is 9.00. The SMILES string of the molecule is Cc1ccc2c(c1)C(N)c1cc(F)ccc1-2. The van der Waals surface area contributed by atoms with Gasteiger partial charge in [0, 0.05) is 0 Å². The molecule has 3 rings (SSSR count). The highest BCUT2D eigenvalue weighted by molar-refractivity contribution is 5.78. The number of aryl methyl sites for hydroxylation is 1. The zero-order chi connectivity index (χ0) is 11.3. The number of halogens is 1. The van der Waals surface area contributed by atoms with Crippen molar-refractivity contribution >= 4 is 0 Å². The van der Waals surface area contributed by atoms with E-state index in [2.05, 4.69) is 18.2 Å². The van der Waals surface area contributed by atoms with Crippen LogP contribution in [0, 0.1) is 12.7 Å². The Morgan fingerprint density at radius 3 is 2.38 bits per heavy atom. The van der Waals surface area contributed by atoms with E-state index < -0.39 is 0 Å². The summed E-state index contributed by atoms with van der Waals surface area (Å²) in [6, 6.07) is 10.8. The molecule has 0 heterocycles. The number of nitrogens with two attached hydrogens (primary N) is 1. The van der Waals surface area contributed by atoms with E-state index in [1.165, 1.54) is 17.7 Å². The molecule has 80 valence electrons. The third-order valence-electron chi connectivity index (χ3n) is 3.18. The summed E-state index contributed by atoms with van der Waals surface area (Å²) in [4.78, 5) is 0. The molecule has 2 aromatic carbocycles. The average molecular weight is 213 g/mol. The van der Waals surface area contributed by atoms with Crippen LogP contribution < -0.4 is 5.73 Å². The van der Waals surface area contributed by atoms with Gasteiger partial charge in [-0.3, -0.25) is 0 Å². The Balaban J connectivity index is 2.30. The Morgan fingerprint density at radius 2 is 1.62 bits per heavy atom. The largest absolute Gasteiger partial charge is 0.320 e. The first-order valence-corrected chi connectivity index (χ1v) is 5.33. The number of hydrogen-bond acceptors (Lipinski definition) is 1. The molecule has 0 saturated carbocycles. The predicted molar refractivity (Wildman–Crippen MR) is 62.6 cm³/mol. The maximum Gasteiger partial charge on any atom is 0.123 e. The van der Waals surface area contributed by atoms with E-state index in [1.54, 1.807) is 0 Å². The van der Waals surface area contributed by atoms with Gasteiger partial charge in [0.25, 0.3) is 0 Å². The Morgan fingerprint density at radius 1 is 1.00 bits per heavy atom. The van der Waals surface area contributed by atoms with Crippen molar-refractivity contribution < 1.29 is 4.39 Å². The van der Waals surface area contributed by atoms with Crippen LogP contribution in [-0.2, 0) is 0 Å². The van der Waals surface area contributed by atoms with Crippen LogP contribution in [0.25, 0.3) is 11.1 Å². The minimum atomic E-state index is -0.223. The fourth-order valence-electron chi connectivity index (χ4n) is 2.39. The molecule has 0 radical (unpaired) electrons. The van der Waals surface area contributed by atoms with Crippen molar-refractivity contribution in [1.82, 2.24) is 0 Å². The predicted octanol–water partition coefficient (Wildman–Crippen LogP) is 3.16. The molecule has 1 aliphatic carbocycles. The van der Waals surface area contributed by atoms with Crippen molar-refractivity contribution in [3.05, 3.63) is 58.9 Å². The Kier molecular flexibility index (Phi) is 1.88. The molecular weight excluding hydrogens is 201 g/mol. The lowest BCUT2D eigenvalue weighted by atomic mass is 10.0. The minimum Gasteiger partial charge on any atom is -0.320 e. The zero-order valence-corrected chi connectivity index (χ0v) is 9.00. The summed E-state index contributed by atoms with van der Waals surface area (Å²) in [6.07, 6.45) is 0. The second-order valence-corrected chi connectivity index (χ2v) is 4.30. The van der Waals surface area contributed by atoms with Gasteiger partial charge in [0.1, 0.15) is 5.82 Å². The third kappa shape index (κ3) is 1.20. The molecule has 16 heavy (non-hydrogen) atoms. The molecule has 0 aliphatic heterocycles. The summed E-state index contributed by atoms with van der Waals surface area (Å²) in [7, 11) is 0. The highest BCUT2D eigenvalue weighted by atomic mass is 19.1. The lowest BCUT2D eigenvalue weighted by Crippen LogP contribution is -2.08. The molecule has 2 heteroatoms. The summed E-state index contributed by atoms with van der Waals surface area (Å²) in [5, 5.41) is 0. The molecule has 0 spiro atoms. The lowest BCUT2D eigenvalue weighted by molar-refractivity contribution is 0.624. The number of rotatable bonds is 0. The molecule has 0 aromatic heterocycles. The molecule has 1 unspecified atom stereocenters. The van der Waals surface area contributed by atoms with Crippen molar-refractivity contribution in [2.45, 2.75) is 13.0 Å². The monoisotopic (exact) mass is 213 g/mol. The normalized spacial score (nSPS) is 17.1. The second kappa shape index (κ2) is 3.16. The second-order valence-electron chi connectivity index (χ2n) is 4.30. The van der Waals surface area contributed by atoms with Gasteiger partial charge in [0.05, 0.1) is 6.04 Å². The van der Waals surface area contributed by atoms with Crippen molar-refractivity contribution in [2.75, 3.05) is 0 Å². The van der Waals surface area contributed by atoms with Crippen LogP contribution in [0.5, 0.6) is 0 Å². The molecule has 0 bridgehead atoms. The topological polar surface area (TPSA) is 26.0 Å². The highest BCUT2D eigenvalue weighted by Gasteiger charge is 2.25. The maximum atomic E-state index is 13.2. The van der Waals surface area contributed by atoms with Crippen LogP contribution in [0.2, 0.25) is 0 Å². The summed E-state index contributed by atoms with van der Waals surface area (Å²) in [5.74, 6) is -0.223. The van der Waals surface area contributed by atoms with Crippen LogP contribution in [0.3, 0.4) is 0 Å². The van der Waals surface area contributed by atoms with Crippen molar-refractivity contribution in [3.8, 4) is 11.1 Å². The highest BCUT2D eigenvalue weighted by Crippen LogP contribution is 2.42. The molecule has 0 saturated heterocycles. The number of benzene rings is 2. The fraction of sp³-hybridized carbons (Fsp3) is 0.143. The van der Waals surface area contributed by atoms with Gasteiger partial charge in [-0.05, 0) is 41.3 Å². The van der Waals surface area contributed by atoms with Gasteiger partial charge in [-0.1, -0.05) is 29.8 Å². The Bertz CT molecular complexity index is 523. The maximum absolute atomic E-state index is 13.2. The van der Waals surface area contributed by atoms with Gasteiger partial charge in [-0.15, -0.1) is 0 Å².